The molecule has 1 aliphatic carbocycles. The number of likely N-dealkylation sites (N-methyl/N-ethyl adjacent to an activating group) is 1. The van der Waals surface area contributed by atoms with Crippen LogP contribution in [0.25, 0.3) is 22.0 Å². The molecule has 2 aromatic carbocycles. The monoisotopic (exact) mass is 630 g/mol. The normalized spacial score (nSPS) is 22.4. The number of carbonyl (C=O) groups is 1. The molecule has 3 aromatic rings. The van der Waals surface area contributed by atoms with E-state index in [1.807, 2.05) is 26.8 Å². The molecule has 3 heterocycles. The molecule has 1 aromatic heterocycles. The summed E-state index contributed by atoms with van der Waals surface area (Å²) in [6, 6.07) is 13.4. The summed E-state index contributed by atoms with van der Waals surface area (Å²) in [7, 11) is 2.12. The van der Waals surface area contributed by atoms with Crippen molar-refractivity contribution in [2.75, 3.05) is 44.7 Å². The van der Waals surface area contributed by atoms with Gasteiger partial charge in [0.1, 0.15) is 12.4 Å². The number of benzene rings is 2. The number of rotatable bonds is 6. The molecular weight excluding hydrogens is 588 g/mol. The molecule has 6 rings (SSSR count). The minimum Gasteiger partial charge on any atom is -0.465 e. The first-order valence-corrected chi connectivity index (χ1v) is 16.5. The van der Waals surface area contributed by atoms with Gasteiger partial charge in [0.2, 0.25) is 0 Å². The number of likely N-dealkylation sites (tertiary alicyclic amines) is 1. The zero-order valence-electron chi connectivity index (χ0n) is 26.8. The second-order valence-electron chi connectivity index (χ2n) is 13.9. The van der Waals surface area contributed by atoms with Gasteiger partial charge >= 0.3 is 12.1 Å². The van der Waals surface area contributed by atoms with Crippen molar-refractivity contribution in [3.8, 4) is 23.2 Å². The molecule has 0 spiro atoms. The van der Waals surface area contributed by atoms with Crippen molar-refractivity contribution >= 4 is 34.4 Å². The van der Waals surface area contributed by atoms with Gasteiger partial charge in [-0.2, -0.15) is 15.2 Å². The van der Waals surface area contributed by atoms with Crippen LogP contribution in [0.3, 0.4) is 0 Å². The largest absolute Gasteiger partial charge is 0.465 e. The van der Waals surface area contributed by atoms with Crippen molar-refractivity contribution in [3.63, 3.8) is 0 Å². The van der Waals surface area contributed by atoms with Crippen LogP contribution in [0.5, 0.6) is 6.01 Å². The number of piperazine rings is 1. The standard InChI is InChI=1S/C35H43ClN6O3/c1-34(2,3)35(14-15-37)22-41(17-18-42(35)33(43)44)31-28-19-29(36)27(26-13-7-10-23-9-5-6-12-25(23)26)20-30(28)38-32(39-31)45-21-24-11-8-16-40(24)4/h7,10,13,19-20,24H,5-6,8-9,11-12,14,16-18,21-22H2,1-4H3,(H,43,44)/t24-,35+/m0/s1. The first-order chi connectivity index (χ1) is 21.5. The quantitative estimate of drug-likeness (QED) is 0.317. The smallest absolute Gasteiger partial charge is 0.407 e. The average molecular weight is 631 g/mol. The lowest BCUT2D eigenvalue weighted by atomic mass is 9.69. The second-order valence-corrected chi connectivity index (χ2v) is 14.3. The van der Waals surface area contributed by atoms with Crippen LogP contribution in [-0.4, -0.2) is 82.4 Å². The summed E-state index contributed by atoms with van der Waals surface area (Å²) in [6.07, 6.45) is 5.71. The molecule has 2 atom stereocenters. The van der Waals surface area contributed by atoms with E-state index in [0.29, 0.717) is 42.6 Å². The number of anilines is 1. The number of fused-ring (bicyclic) bond motifs is 2. The predicted molar refractivity (Wildman–Crippen MR) is 177 cm³/mol. The van der Waals surface area contributed by atoms with E-state index in [2.05, 4.69) is 47.2 Å². The fourth-order valence-corrected chi connectivity index (χ4v) is 7.85. The van der Waals surface area contributed by atoms with Crippen molar-refractivity contribution in [2.45, 2.75) is 77.3 Å². The summed E-state index contributed by atoms with van der Waals surface area (Å²) in [4.78, 5) is 28.2. The Kier molecular flexibility index (Phi) is 8.57. The van der Waals surface area contributed by atoms with E-state index in [4.69, 9.17) is 26.3 Å². The van der Waals surface area contributed by atoms with E-state index in [1.54, 1.807) is 0 Å². The molecule has 1 N–H and O–H groups in total. The Morgan fingerprint density at radius 2 is 1.93 bits per heavy atom. The van der Waals surface area contributed by atoms with Gasteiger partial charge in [0, 0.05) is 41.6 Å². The number of halogens is 1. The minimum atomic E-state index is -1.02. The molecule has 3 aliphatic rings. The third-order valence-electron chi connectivity index (χ3n) is 10.4. The van der Waals surface area contributed by atoms with Gasteiger partial charge in [0.15, 0.2) is 0 Å². The number of nitriles is 1. The van der Waals surface area contributed by atoms with E-state index in [0.717, 1.165) is 60.7 Å². The van der Waals surface area contributed by atoms with Crippen molar-refractivity contribution in [2.24, 2.45) is 5.41 Å². The molecule has 238 valence electrons. The highest BCUT2D eigenvalue weighted by atomic mass is 35.5. The number of aryl methyl sites for hydroxylation is 1. The number of hydrogen-bond donors (Lipinski definition) is 1. The summed E-state index contributed by atoms with van der Waals surface area (Å²) < 4.78 is 6.31. The van der Waals surface area contributed by atoms with Crippen molar-refractivity contribution in [3.05, 3.63) is 46.5 Å². The van der Waals surface area contributed by atoms with Gasteiger partial charge in [0.25, 0.3) is 0 Å². The Morgan fingerprint density at radius 1 is 1.13 bits per heavy atom. The Bertz CT molecular complexity index is 1650. The van der Waals surface area contributed by atoms with Crippen molar-refractivity contribution in [1.29, 1.82) is 5.26 Å². The highest BCUT2D eigenvalue weighted by Gasteiger charge is 2.52. The first kappa shape index (κ1) is 31.4. The van der Waals surface area contributed by atoms with Crippen LogP contribution in [0, 0.1) is 16.7 Å². The van der Waals surface area contributed by atoms with Crippen LogP contribution in [-0.2, 0) is 12.8 Å². The van der Waals surface area contributed by atoms with Crippen LogP contribution in [0.4, 0.5) is 10.6 Å². The van der Waals surface area contributed by atoms with Crippen molar-refractivity contribution < 1.29 is 14.6 Å². The molecule has 0 saturated carbocycles. The molecule has 2 saturated heterocycles. The molecule has 1 amide bonds. The minimum absolute atomic E-state index is 0.0592. The second kappa shape index (κ2) is 12.3. The summed E-state index contributed by atoms with van der Waals surface area (Å²) >= 11 is 7.10. The van der Waals surface area contributed by atoms with Gasteiger partial charge in [-0.1, -0.05) is 50.6 Å². The lowest BCUT2D eigenvalue weighted by Crippen LogP contribution is -2.69. The summed E-state index contributed by atoms with van der Waals surface area (Å²) in [5.41, 5.74) is 4.08. The molecule has 45 heavy (non-hydrogen) atoms. The van der Waals surface area contributed by atoms with Gasteiger partial charge in [-0.25, -0.2) is 4.79 Å². The summed E-state index contributed by atoms with van der Waals surface area (Å²) in [6.45, 7) is 8.49. The predicted octanol–water partition coefficient (Wildman–Crippen LogP) is 6.80. The fraction of sp³-hybridized carbons (Fsp3) is 0.543. The molecular formula is C35H43ClN6O3. The maximum absolute atomic E-state index is 12.5. The van der Waals surface area contributed by atoms with E-state index < -0.39 is 17.0 Å². The molecule has 9 nitrogen and oxygen atoms in total. The number of ether oxygens (including phenoxy) is 1. The number of carboxylic acid groups (broad SMARTS) is 1. The summed E-state index contributed by atoms with van der Waals surface area (Å²) in [5.74, 6) is 0.648. The van der Waals surface area contributed by atoms with E-state index in [-0.39, 0.29) is 13.0 Å². The van der Waals surface area contributed by atoms with Gasteiger partial charge in [-0.3, -0.25) is 4.90 Å². The van der Waals surface area contributed by atoms with Crippen LogP contribution < -0.4 is 9.64 Å². The Morgan fingerprint density at radius 3 is 2.64 bits per heavy atom. The van der Waals surface area contributed by atoms with E-state index in [9.17, 15) is 15.2 Å². The van der Waals surface area contributed by atoms with E-state index >= 15 is 0 Å². The van der Waals surface area contributed by atoms with Crippen molar-refractivity contribution in [1.82, 2.24) is 19.8 Å². The zero-order chi connectivity index (χ0) is 31.9. The van der Waals surface area contributed by atoms with Gasteiger partial charge in [-0.05, 0) is 86.4 Å². The Balaban J connectivity index is 1.48. The Hall–Kier alpha value is -3.61. The first-order valence-electron chi connectivity index (χ1n) is 16.1. The van der Waals surface area contributed by atoms with Gasteiger partial charge in [0.05, 0.1) is 23.5 Å². The maximum atomic E-state index is 12.5. The molecule has 2 aliphatic heterocycles. The topological polar surface area (TPSA) is 106 Å². The molecule has 0 unspecified atom stereocenters. The number of hydrogen-bond acceptors (Lipinski definition) is 7. The van der Waals surface area contributed by atoms with Crippen LogP contribution in [0.15, 0.2) is 30.3 Å². The highest BCUT2D eigenvalue weighted by Crippen LogP contribution is 2.44. The average Bonchev–Trinajstić information content (AvgIpc) is 3.43. The number of amides is 1. The van der Waals surface area contributed by atoms with Crippen LogP contribution >= 0.6 is 11.6 Å². The zero-order valence-corrected chi connectivity index (χ0v) is 27.5. The van der Waals surface area contributed by atoms with E-state index in [1.165, 1.54) is 22.4 Å². The summed E-state index contributed by atoms with van der Waals surface area (Å²) in [5, 5.41) is 21.5. The molecule has 0 radical (unpaired) electrons. The lowest BCUT2D eigenvalue weighted by Gasteiger charge is -2.55. The molecule has 0 bridgehead atoms. The number of nitrogens with zero attached hydrogens (tertiary/aromatic N) is 6. The van der Waals surface area contributed by atoms with Crippen LogP contribution in [0.1, 0.15) is 64.0 Å². The third-order valence-corrected chi connectivity index (χ3v) is 10.7. The maximum Gasteiger partial charge on any atom is 0.407 e. The highest BCUT2D eigenvalue weighted by molar-refractivity contribution is 6.34. The SMILES string of the molecule is CN1CCC[C@H]1COc1nc(N2CCN(C(=O)O)[C@@](CC#N)(C(C)(C)C)C2)c2cc(Cl)c(-c3cccc4c3CCCC4)cc2n1. The van der Waals surface area contributed by atoms with Crippen LogP contribution in [0.2, 0.25) is 5.02 Å². The van der Waals surface area contributed by atoms with Gasteiger partial charge in [-0.15, -0.1) is 0 Å². The lowest BCUT2D eigenvalue weighted by molar-refractivity contribution is -0.00278. The Labute approximate surface area is 270 Å². The number of aromatic nitrogens is 2. The third kappa shape index (κ3) is 5.79. The van der Waals surface area contributed by atoms with Gasteiger partial charge < -0.3 is 19.6 Å². The fourth-order valence-electron chi connectivity index (χ4n) is 7.58. The molecule has 10 heteroatoms. The molecule has 2 fully saturated rings.